The summed E-state index contributed by atoms with van der Waals surface area (Å²) < 4.78 is 55.6. The summed E-state index contributed by atoms with van der Waals surface area (Å²) in [5, 5.41) is 24.2. The molecule has 8 nitrogen and oxygen atoms in total. The zero-order valence-corrected chi connectivity index (χ0v) is 15.4. The second-order valence-corrected chi connectivity index (χ2v) is 6.12. The third-order valence-electron chi connectivity index (χ3n) is 3.84. The molecule has 28 heavy (non-hydrogen) atoms. The number of carbonyl (C=O) groups is 4. The van der Waals surface area contributed by atoms with Gasteiger partial charge in [-0.3, -0.25) is 9.59 Å². The summed E-state index contributed by atoms with van der Waals surface area (Å²) in [7, 11) is 0. The van der Waals surface area contributed by atoms with Gasteiger partial charge in [0.2, 0.25) is 0 Å². The molecule has 0 radical (unpaired) electrons. The summed E-state index contributed by atoms with van der Waals surface area (Å²) >= 11 is 0. The Labute approximate surface area is 158 Å². The van der Waals surface area contributed by atoms with Crippen LogP contribution in [0.25, 0.3) is 0 Å². The van der Waals surface area contributed by atoms with Crippen molar-refractivity contribution in [2.75, 3.05) is 0 Å². The van der Waals surface area contributed by atoms with E-state index in [1.807, 2.05) is 0 Å². The van der Waals surface area contributed by atoms with E-state index in [0.717, 1.165) is 0 Å². The van der Waals surface area contributed by atoms with E-state index in [4.69, 9.17) is 0 Å². The SMILES string of the molecule is CCCC[C@H](NC(=O)C(F)(F)C(F)(F)C(=O)N[C@@H](CCCC)C(=O)[O-])C(=O)[O-]. The first-order valence-corrected chi connectivity index (χ1v) is 8.62. The summed E-state index contributed by atoms with van der Waals surface area (Å²) in [5.74, 6) is -20.6. The molecule has 2 amide bonds. The van der Waals surface area contributed by atoms with Crippen LogP contribution in [0.1, 0.15) is 52.4 Å². The molecule has 12 heteroatoms. The molecule has 0 spiro atoms. The Bertz CT molecular complexity index is 535. The molecule has 0 bridgehead atoms. The molecule has 0 aliphatic heterocycles. The number of amides is 2. The first-order chi connectivity index (χ1) is 12.8. The minimum atomic E-state index is -5.64. The van der Waals surface area contributed by atoms with E-state index in [-0.39, 0.29) is 25.7 Å². The largest absolute Gasteiger partial charge is 0.548 e. The van der Waals surface area contributed by atoms with Gasteiger partial charge in [0.05, 0.1) is 24.0 Å². The number of carboxylic acids is 2. The number of rotatable bonds is 13. The van der Waals surface area contributed by atoms with Crippen LogP contribution in [-0.2, 0) is 19.2 Å². The van der Waals surface area contributed by atoms with Crippen LogP contribution in [0.15, 0.2) is 0 Å². The van der Waals surface area contributed by atoms with Crippen molar-refractivity contribution < 1.29 is 47.0 Å². The van der Waals surface area contributed by atoms with E-state index in [1.54, 1.807) is 13.8 Å². The van der Waals surface area contributed by atoms with Gasteiger partial charge < -0.3 is 30.4 Å². The molecule has 0 rings (SSSR count). The van der Waals surface area contributed by atoms with Gasteiger partial charge in [0.15, 0.2) is 0 Å². The van der Waals surface area contributed by atoms with Crippen LogP contribution in [0.3, 0.4) is 0 Å². The Morgan fingerprint density at radius 2 is 1.04 bits per heavy atom. The van der Waals surface area contributed by atoms with Crippen molar-refractivity contribution in [3.63, 3.8) is 0 Å². The van der Waals surface area contributed by atoms with Gasteiger partial charge in [0.1, 0.15) is 0 Å². The molecule has 0 saturated carbocycles. The maximum atomic E-state index is 13.9. The molecule has 0 aromatic carbocycles. The number of carboxylic acid groups (broad SMARTS) is 2. The molecule has 0 unspecified atom stereocenters. The van der Waals surface area contributed by atoms with E-state index < -0.39 is 47.7 Å². The van der Waals surface area contributed by atoms with Crippen LogP contribution in [-0.4, -0.2) is 47.7 Å². The highest BCUT2D eigenvalue weighted by Gasteiger charge is 2.67. The van der Waals surface area contributed by atoms with Crippen molar-refractivity contribution in [3.8, 4) is 0 Å². The Morgan fingerprint density at radius 1 is 0.750 bits per heavy atom. The van der Waals surface area contributed by atoms with Crippen LogP contribution < -0.4 is 20.8 Å². The highest BCUT2D eigenvalue weighted by molar-refractivity contribution is 5.97. The molecule has 2 atom stereocenters. The quantitative estimate of drug-likeness (QED) is 0.375. The van der Waals surface area contributed by atoms with Crippen molar-refractivity contribution >= 4 is 23.8 Å². The zero-order chi connectivity index (χ0) is 22.1. The van der Waals surface area contributed by atoms with E-state index >= 15 is 0 Å². The fourth-order valence-electron chi connectivity index (χ4n) is 2.10. The molecular weight excluding hydrogens is 392 g/mol. The van der Waals surface area contributed by atoms with Crippen molar-refractivity contribution in [2.24, 2.45) is 0 Å². The Hall–Kier alpha value is -2.40. The Morgan fingerprint density at radius 3 is 1.25 bits per heavy atom. The number of halogens is 4. The standard InChI is InChI=1S/C16H24F4N2O6/c1-3-5-7-9(11(23)24)21-13(27)15(17,18)16(19,20)14(28)22-10(12(25)26)8-6-4-2/h9-10H,3-8H2,1-2H3,(H,21,27)(H,22,28)(H,23,24)(H,25,26)/p-2/t9-,10-/m0/s1. The second-order valence-electron chi connectivity index (χ2n) is 6.12. The second kappa shape index (κ2) is 10.8. The van der Waals surface area contributed by atoms with E-state index in [0.29, 0.717) is 12.8 Å². The van der Waals surface area contributed by atoms with E-state index in [2.05, 4.69) is 0 Å². The summed E-state index contributed by atoms with van der Waals surface area (Å²) in [6, 6.07) is -3.92. The minimum absolute atomic E-state index is 0.173. The summed E-state index contributed by atoms with van der Waals surface area (Å²) in [6.45, 7) is 3.26. The van der Waals surface area contributed by atoms with Gasteiger partial charge in [0, 0.05) is 0 Å². The molecule has 0 heterocycles. The lowest BCUT2D eigenvalue weighted by Gasteiger charge is -2.29. The molecular formula is C16H22F4N2O6-2. The average molecular weight is 414 g/mol. The van der Waals surface area contributed by atoms with Crippen molar-refractivity contribution in [1.82, 2.24) is 10.6 Å². The Balaban J connectivity index is 5.36. The summed E-state index contributed by atoms with van der Waals surface area (Å²) in [6.07, 6.45) is 0.510. The molecule has 0 saturated heterocycles. The highest BCUT2D eigenvalue weighted by atomic mass is 19.3. The molecule has 0 aliphatic rings. The van der Waals surface area contributed by atoms with Crippen LogP contribution in [0, 0.1) is 0 Å². The van der Waals surface area contributed by atoms with Crippen LogP contribution >= 0.6 is 0 Å². The van der Waals surface area contributed by atoms with E-state index in [1.165, 1.54) is 10.6 Å². The maximum Gasteiger partial charge on any atom is 0.395 e. The van der Waals surface area contributed by atoms with Crippen LogP contribution in [0.4, 0.5) is 17.6 Å². The molecule has 0 aromatic heterocycles. The predicted octanol–water partition coefficient (Wildman–Crippen LogP) is -0.893. The van der Waals surface area contributed by atoms with Crippen molar-refractivity contribution in [3.05, 3.63) is 0 Å². The average Bonchev–Trinajstić information content (AvgIpc) is 2.60. The molecule has 0 fully saturated rings. The topological polar surface area (TPSA) is 138 Å². The monoisotopic (exact) mass is 414 g/mol. The normalized spacial score (nSPS) is 14.1. The lowest BCUT2D eigenvalue weighted by atomic mass is 10.1. The first kappa shape index (κ1) is 25.6. The van der Waals surface area contributed by atoms with E-state index in [9.17, 15) is 47.0 Å². The van der Waals surface area contributed by atoms with Gasteiger partial charge in [-0.15, -0.1) is 0 Å². The minimum Gasteiger partial charge on any atom is -0.548 e. The maximum absolute atomic E-state index is 13.9. The van der Waals surface area contributed by atoms with Crippen LogP contribution in [0.5, 0.6) is 0 Å². The number of hydrogen-bond donors (Lipinski definition) is 2. The molecule has 162 valence electrons. The lowest BCUT2D eigenvalue weighted by Crippen LogP contribution is -2.63. The van der Waals surface area contributed by atoms with Gasteiger partial charge >= 0.3 is 11.8 Å². The Kier molecular flexibility index (Phi) is 9.88. The highest BCUT2D eigenvalue weighted by Crippen LogP contribution is 2.35. The van der Waals surface area contributed by atoms with Gasteiger partial charge in [-0.05, 0) is 12.8 Å². The smallest absolute Gasteiger partial charge is 0.395 e. The number of alkyl halides is 4. The number of hydrogen-bond acceptors (Lipinski definition) is 6. The summed E-state index contributed by atoms with van der Waals surface area (Å²) in [5.41, 5.74) is 0. The van der Waals surface area contributed by atoms with Crippen molar-refractivity contribution in [2.45, 2.75) is 76.3 Å². The summed E-state index contributed by atoms with van der Waals surface area (Å²) in [4.78, 5) is 44.8. The molecule has 2 N–H and O–H groups in total. The third kappa shape index (κ3) is 6.64. The van der Waals surface area contributed by atoms with Gasteiger partial charge in [-0.2, -0.15) is 17.6 Å². The molecule has 0 aromatic rings. The van der Waals surface area contributed by atoms with Crippen LogP contribution in [0.2, 0.25) is 0 Å². The molecule has 0 aliphatic carbocycles. The number of unbranched alkanes of at least 4 members (excludes halogenated alkanes) is 2. The van der Waals surface area contributed by atoms with Crippen molar-refractivity contribution in [1.29, 1.82) is 0 Å². The fraction of sp³-hybridized carbons (Fsp3) is 0.750. The number of nitrogens with one attached hydrogen (secondary N) is 2. The van der Waals surface area contributed by atoms with Gasteiger partial charge in [-0.25, -0.2) is 0 Å². The zero-order valence-electron chi connectivity index (χ0n) is 15.4. The van der Waals surface area contributed by atoms with Gasteiger partial charge in [-0.1, -0.05) is 39.5 Å². The fourth-order valence-corrected chi connectivity index (χ4v) is 2.10. The third-order valence-corrected chi connectivity index (χ3v) is 3.84. The van der Waals surface area contributed by atoms with Gasteiger partial charge in [0.25, 0.3) is 11.8 Å². The first-order valence-electron chi connectivity index (χ1n) is 8.62. The number of aliphatic carboxylic acids is 2. The number of carbonyl (C=O) groups excluding carboxylic acids is 4. The predicted molar refractivity (Wildman–Crippen MR) is 82.8 cm³/mol. The lowest BCUT2D eigenvalue weighted by molar-refractivity contribution is -0.310.